The van der Waals surface area contributed by atoms with Gasteiger partial charge in [-0.15, -0.1) is 0 Å². The number of nitrogens with one attached hydrogen (secondary N) is 1. The number of para-hydroxylation sites is 1. The summed E-state index contributed by atoms with van der Waals surface area (Å²) in [6.45, 7) is 3.73. The highest BCUT2D eigenvalue weighted by Gasteiger charge is 2.22. The van der Waals surface area contributed by atoms with Crippen molar-refractivity contribution >= 4 is 5.91 Å². The number of fused-ring (bicyclic) bond motifs is 1. The SMILES string of the molecule is CCOc1ccc(OCCCC(=O)N[C@H]2CCOc3ccccc32)cc1. The summed E-state index contributed by atoms with van der Waals surface area (Å²) >= 11 is 0. The molecule has 0 aromatic heterocycles. The molecule has 26 heavy (non-hydrogen) atoms. The van der Waals surface area contributed by atoms with Gasteiger partial charge in [0.25, 0.3) is 0 Å². The normalized spacial score (nSPS) is 15.5. The van der Waals surface area contributed by atoms with E-state index < -0.39 is 0 Å². The van der Waals surface area contributed by atoms with E-state index in [9.17, 15) is 4.79 Å². The molecule has 0 spiro atoms. The van der Waals surface area contributed by atoms with Crippen molar-refractivity contribution in [1.29, 1.82) is 0 Å². The summed E-state index contributed by atoms with van der Waals surface area (Å²) in [4.78, 5) is 12.2. The number of carbonyl (C=O) groups excluding carboxylic acids is 1. The van der Waals surface area contributed by atoms with Crippen molar-refractivity contribution in [1.82, 2.24) is 5.32 Å². The fourth-order valence-corrected chi connectivity index (χ4v) is 2.98. The Morgan fingerprint density at radius 2 is 1.85 bits per heavy atom. The Morgan fingerprint density at radius 3 is 2.62 bits per heavy atom. The smallest absolute Gasteiger partial charge is 0.220 e. The lowest BCUT2D eigenvalue weighted by molar-refractivity contribution is -0.122. The number of carbonyl (C=O) groups is 1. The van der Waals surface area contributed by atoms with Gasteiger partial charge in [0.2, 0.25) is 5.91 Å². The van der Waals surface area contributed by atoms with Crippen LogP contribution in [0.4, 0.5) is 0 Å². The highest BCUT2D eigenvalue weighted by Crippen LogP contribution is 2.31. The Labute approximate surface area is 154 Å². The second-order valence-electron chi connectivity index (χ2n) is 6.15. The van der Waals surface area contributed by atoms with Gasteiger partial charge in [-0.2, -0.15) is 0 Å². The van der Waals surface area contributed by atoms with Gasteiger partial charge in [0.05, 0.1) is 25.9 Å². The minimum atomic E-state index is 0.0273. The van der Waals surface area contributed by atoms with E-state index in [0.29, 0.717) is 32.7 Å². The van der Waals surface area contributed by atoms with Crippen molar-refractivity contribution < 1.29 is 19.0 Å². The van der Waals surface area contributed by atoms with Gasteiger partial charge >= 0.3 is 0 Å². The van der Waals surface area contributed by atoms with Crippen molar-refractivity contribution in [3.63, 3.8) is 0 Å². The maximum Gasteiger partial charge on any atom is 0.220 e. The predicted octanol–water partition coefficient (Wildman–Crippen LogP) is 3.88. The van der Waals surface area contributed by atoms with Gasteiger partial charge in [0.15, 0.2) is 0 Å². The lowest BCUT2D eigenvalue weighted by Gasteiger charge is -2.26. The largest absolute Gasteiger partial charge is 0.494 e. The summed E-state index contributed by atoms with van der Waals surface area (Å²) in [5.74, 6) is 2.52. The fraction of sp³-hybridized carbons (Fsp3) is 0.381. The predicted molar refractivity (Wildman–Crippen MR) is 99.8 cm³/mol. The number of hydrogen-bond donors (Lipinski definition) is 1. The van der Waals surface area contributed by atoms with Crippen LogP contribution < -0.4 is 19.5 Å². The molecule has 2 aromatic carbocycles. The number of hydrogen-bond acceptors (Lipinski definition) is 4. The van der Waals surface area contributed by atoms with E-state index in [1.807, 2.05) is 55.5 Å². The summed E-state index contributed by atoms with van der Waals surface area (Å²) in [5, 5.41) is 3.10. The van der Waals surface area contributed by atoms with E-state index >= 15 is 0 Å². The van der Waals surface area contributed by atoms with E-state index in [4.69, 9.17) is 14.2 Å². The van der Waals surface area contributed by atoms with Crippen molar-refractivity contribution in [2.45, 2.75) is 32.2 Å². The minimum Gasteiger partial charge on any atom is -0.494 e. The van der Waals surface area contributed by atoms with Crippen LogP contribution in [-0.2, 0) is 4.79 Å². The second kappa shape index (κ2) is 9.13. The summed E-state index contributed by atoms with van der Waals surface area (Å²) in [7, 11) is 0. The molecule has 1 amide bonds. The van der Waals surface area contributed by atoms with Gasteiger partial charge < -0.3 is 19.5 Å². The lowest BCUT2D eigenvalue weighted by Crippen LogP contribution is -2.32. The van der Waals surface area contributed by atoms with Crippen molar-refractivity contribution in [3.05, 3.63) is 54.1 Å². The van der Waals surface area contributed by atoms with E-state index in [-0.39, 0.29) is 11.9 Å². The average molecular weight is 355 g/mol. The first kappa shape index (κ1) is 18.1. The molecule has 138 valence electrons. The Balaban J connectivity index is 1.40. The molecule has 3 rings (SSSR count). The van der Waals surface area contributed by atoms with Crippen LogP contribution in [0.1, 0.15) is 37.8 Å². The zero-order chi connectivity index (χ0) is 18.2. The van der Waals surface area contributed by atoms with Gasteiger partial charge in [-0.25, -0.2) is 0 Å². The van der Waals surface area contributed by atoms with E-state index in [1.54, 1.807) is 0 Å². The molecule has 5 heteroatoms. The number of amides is 1. The van der Waals surface area contributed by atoms with E-state index in [0.717, 1.165) is 29.2 Å². The molecule has 0 unspecified atom stereocenters. The zero-order valence-electron chi connectivity index (χ0n) is 15.1. The number of benzene rings is 2. The van der Waals surface area contributed by atoms with Crippen LogP contribution >= 0.6 is 0 Å². The molecular weight excluding hydrogens is 330 g/mol. The first-order valence-electron chi connectivity index (χ1n) is 9.13. The topological polar surface area (TPSA) is 56.8 Å². The van der Waals surface area contributed by atoms with Crippen LogP contribution in [0.3, 0.4) is 0 Å². The molecule has 0 bridgehead atoms. The molecule has 2 aromatic rings. The average Bonchev–Trinajstić information content (AvgIpc) is 2.67. The third kappa shape index (κ3) is 4.91. The van der Waals surface area contributed by atoms with Gasteiger partial charge in [-0.3, -0.25) is 4.79 Å². The van der Waals surface area contributed by atoms with Gasteiger partial charge in [0, 0.05) is 18.4 Å². The van der Waals surface area contributed by atoms with E-state index in [1.165, 1.54) is 0 Å². The number of ether oxygens (including phenoxy) is 3. The maximum absolute atomic E-state index is 12.2. The molecule has 1 atom stereocenters. The van der Waals surface area contributed by atoms with Gasteiger partial charge in [-0.1, -0.05) is 18.2 Å². The highest BCUT2D eigenvalue weighted by atomic mass is 16.5. The molecular formula is C21H25NO4. The monoisotopic (exact) mass is 355 g/mol. The van der Waals surface area contributed by atoms with Crippen LogP contribution in [0.25, 0.3) is 0 Å². The van der Waals surface area contributed by atoms with Gasteiger partial charge in [0.1, 0.15) is 17.2 Å². The van der Waals surface area contributed by atoms with Crippen molar-refractivity contribution in [3.8, 4) is 17.2 Å². The molecule has 1 heterocycles. The molecule has 0 saturated heterocycles. The van der Waals surface area contributed by atoms with Crippen LogP contribution in [0.15, 0.2) is 48.5 Å². The van der Waals surface area contributed by atoms with E-state index in [2.05, 4.69) is 5.32 Å². The molecule has 1 N–H and O–H groups in total. The molecule has 0 aliphatic carbocycles. The zero-order valence-corrected chi connectivity index (χ0v) is 15.1. The molecule has 5 nitrogen and oxygen atoms in total. The summed E-state index contributed by atoms with van der Waals surface area (Å²) in [6.07, 6.45) is 1.91. The third-order valence-electron chi connectivity index (χ3n) is 4.25. The summed E-state index contributed by atoms with van der Waals surface area (Å²) in [6, 6.07) is 15.4. The first-order chi connectivity index (χ1) is 12.8. The third-order valence-corrected chi connectivity index (χ3v) is 4.25. The van der Waals surface area contributed by atoms with Gasteiger partial charge in [-0.05, 0) is 43.7 Å². The standard InChI is InChI=1S/C21H25NO4/c1-2-24-16-9-11-17(12-10-16)25-14-5-8-21(23)22-19-13-15-26-20-7-4-3-6-18(19)20/h3-4,6-7,9-12,19H,2,5,8,13-15H2,1H3,(H,22,23)/t19-/m0/s1. The Morgan fingerprint density at radius 1 is 1.12 bits per heavy atom. The van der Waals surface area contributed by atoms with Crippen LogP contribution in [-0.4, -0.2) is 25.7 Å². The highest BCUT2D eigenvalue weighted by molar-refractivity contribution is 5.76. The molecule has 1 aliphatic rings. The van der Waals surface area contributed by atoms with Crippen molar-refractivity contribution in [2.24, 2.45) is 0 Å². The Kier molecular flexibility index (Phi) is 6.36. The molecule has 0 fully saturated rings. The van der Waals surface area contributed by atoms with Crippen LogP contribution in [0.5, 0.6) is 17.2 Å². The molecule has 1 aliphatic heterocycles. The van der Waals surface area contributed by atoms with Crippen molar-refractivity contribution in [2.75, 3.05) is 19.8 Å². The maximum atomic E-state index is 12.2. The summed E-state index contributed by atoms with van der Waals surface area (Å²) < 4.78 is 16.7. The second-order valence-corrected chi connectivity index (χ2v) is 6.15. The molecule has 0 radical (unpaired) electrons. The fourth-order valence-electron chi connectivity index (χ4n) is 2.98. The summed E-state index contributed by atoms with van der Waals surface area (Å²) in [5.41, 5.74) is 1.05. The minimum absolute atomic E-state index is 0.0273. The number of rotatable bonds is 8. The van der Waals surface area contributed by atoms with Crippen LogP contribution in [0.2, 0.25) is 0 Å². The van der Waals surface area contributed by atoms with Crippen LogP contribution in [0, 0.1) is 0 Å². The molecule has 0 saturated carbocycles. The first-order valence-corrected chi connectivity index (χ1v) is 9.13. The lowest BCUT2D eigenvalue weighted by atomic mass is 10.0. The Bertz CT molecular complexity index is 714. The quantitative estimate of drug-likeness (QED) is 0.730. The Hall–Kier alpha value is -2.69.